The predicted octanol–water partition coefficient (Wildman–Crippen LogP) is 13.4. The second-order valence-electron chi connectivity index (χ2n) is 13.7. The molecule has 0 amide bonds. The summed E-state index contributed by atoms with van der Waals surface area (Å²) in [6.45, 7) is 0. The van der Waals surface area contributed by atoms with Crippen LogP contribution in [0.2, 0.25) is 0 Å². The van der Waals surface area contributed by atoms with Crippen LogP contribution in [0.4, 0.5) is 0 Å². The average Bonchev–Trinajstić information content (AvgIpc) is 3.85. The van der Waals surface area contributed by atoms with Crippen LogP contribution in [0.3, 0.4) is 0 Å². The minimum atomic E-state index is 0.627. The van der Waals surface area contributed by atoms with Gasteiger partial charge in [0.15, 0.2) is 23.3 Å². The molecule has 0 aliphatic carbocycles. The van der Waals surface area contributed by atoms with Crippen LogP contribution in [0, 0.1) is 0 Å². The van der Waals surface area contributed by atoms with Gasteiger partial charge < -0.3 is 0 Å². The van der Waals surface area contributed by atoms with Crippen molar-refractivity contribution in [2.45, 2.75) is 0 Å². The summed E-state index contributed by atoms with van der Waals surface area (Å²) in [5.74, 6) is 2.62. The van der Waals surface area contributed by atoms with Gasteiger partial charge in [-0.15, -0.1) is 22.7 Å². The Morgan fingerprint density at radius 1 is 0.304 bits per heavy atom. The molecular formula is C49H29N5S2. The zero-order valence-electron chi connectivity index (χ0n) is 29.8. The van der Waals surface area contributed by atoms with Gasteiger partial charge in [-0.25, -0.2) is 24.9 Å². The molecule has 0 radical (unpaired) electrons. The molecule has 0 aliphatic rings. The SMILES string of the molecule is c1ccc(-c2cccc(-c3nc(-c4ccccc4)nc(-c4ccc5sc6c(-c7nc(-c8ccccc8)c8sc9ccccc9c8n7)cccc6c5c4)n3)c2)cc1. The highest BCUT2D eigenvalue weighted by molar-refractivity contribution is 7.26. The first-order valence-corrected chi connectivity index (χ1v) is 20.0. The van der Waals surface area contributed by atoms with Crippen molar-refractivity contribution in [1.82, 2.24) is 24.9 Å². The molecule has 0 saturated heterocycles. The molecule has 56 heavy (non-hydrogen) atoms. The summed E-state index contributed by atoms with van der Waals surface area (Å²) in [5.41, 5.74) is 9.11. The fraction of sp³-hybridized carbons (Fsp3) is 0. The number of thiophene rings is 2. The summed E-state index contributed by atoms with van der Waals surface area (Å²) in [6.07, 6.45) is 0. The standard InChI is InChI=1S/C49H29N5S2/c1-4-14-30(15-5-1)33-20-12-21-34(28-33)47-52-46(32-18-8-3-9-19-32)53-48(54-47)35-26-27-41-39(29-35)36-23-13-24-38(44(36)55-41)49-50-42(31-16-6-2-7-17-31)45-43(51-49)37-22-10-11-25-40(37)56-45/h1-29H. The van der Waals surface area contributed by atoms with Crippen LogP contribution in [0.1, 0.15) is 0 Å². The molecule has 0 N–H and O–H groups in total. The zero-order valence-corrected chi connectivity index (χ0v) is 31.4. The number of hydrogen-bond acceptors (Lipinski definition) is 7. The van der Waals surface area contributed by atoms with Gasteiger partial charge in [0.25, 0.3) is 0 Å². The minimum Gasteiger partial charge on any atom is -0.226 e. The second-order valence-corrected chi connectivity index (χ2v) is 15.8. The Kier molecular flexibility index (Phi) is 7.79. The maximum Gasteiger partial charge on any atom is 0.164 e. The van der Waals surface area contributed by atoms with Gasteiger partial charge in [-0.3, -0.25) is 0 Å². The zero-order chi connectivity index (χ0) is 37.0. The number of hydrogen-bond donors (Lipinski definition) is 0. The first-order chi connectivity index (χ1) is 27.7. The van der Waals surface area contributed by atoms with E-state index in [4.69, 9.17) is 24.9 Å². The molecule has 0 saturated carbocycles. The summed E-state index contributed by atoms with van der Waals surface area (Å²) in [4.78, 5) is 25.8. The van der Waals surface area contributed by atoms with Gasteiger partial charge in [-0.05, 0) is 47.5 Å². The van der Waals surface area contributed by atoms with E-state index in [1.54, 1.807) is 22.7 Å². The monoisotopic (exact) mass is 751 g/mol. The Bertz CT molecular complexity index is 3250. The molecule has 4 heterocycles. The Morgan fingerprint density at radius 3 is 1.62 bits per heavy atom. The Labute approximate surface area is 330 Å². The van der Waals surface area contributed by atoms with Crippen LogP contribution in [0.25, 0.3) is 108 Å². The lowest BCUT2D eigenvalue weighted by Gasteiger charge is -2.10. The lowest BCUT2D eigenvalue weighted by molar-refractivity contribution is 1.07. The van der Waals surface area contributed by atoms with Gasteiger partial charge >= 0.3 is 0 Å². The molecule has 11 rings (SSSR count). The predicted molar refractivity (Wildman–Crippen MR) is 234 cm³/mol. The lowest BCUT2D eigenvalue weighted by atomic mass is 10.0. The molecule has 7 aromatic carbocycles. The van der Waals surface area contributed by atoms with E-state index < -0.39 is 0 Å². The topological polar surface area (TPSA) is 64.5 Å². The third kappa shape index (κ3) is 5.64. The summed E-state index contributed by atoms with van der Waals surface area (Å²) in [5, 5.41) is 3.45. The summed E-state index contributed by atoms with van der Waals surface area (Å²) >= 11 is 3.52. The van der Waals surface area contributed by atoms with Crippen molar-refractivity contribution in [2.75, 3.05) is 0 Å². The molecule has 0 aliphatic heterocycles. The van der Waals surface area contributed by atoms with Gasteiger partial charge in [-0.1, -0.05) is 140 Å². The highest BCUT2D eigenvalue weighted by Crippen LogP contribution is 2.43. The lowest BCUT2D eigenvalue weighted by Crippen LogP contribution is -2.00. The van der Waals surface area contributed by atoms with E-state index in [-0.39, 0.29) is 0 Å². The highest BCUT2D eigenvalue weighted by atomic mass is 32.1. The molecule has 5 nitrogen and oxygen atoms in total. The number of nitrogens with zero attached hydrogens (tertiary/aromatic N) is 5. The number of aromatic nitrogens is 5. The third-order valence-electron chi connectivity index (χ3n) is 10.2. The normalized spacial score (nSPS) is 11.6. The van der Waals surface area contributed by atoms with Gasteiger partial charge in [0.1, 0.15) is 0 Å². The van der Waals surface area contributed by atoms with Crippen molar-refractivity contribution in [1.29, 1.82) is 0 Å². The van der Waals surface area contributed by atoms with E-state index in [0.717, 1.165) is 81.5 Å². The summed E-state index contributed by atoms with van der Waals surface area (Å²) < 4.78 is 4.64. The van der Waals surface area contributed by atoms with Crippen molar-refractivity contribution in [3.63, 3.8) is 0 Å². The summed E-state index contributed by atoms with van der Waals surface area (Å²) in [7, 11) is 0. The molecule has 7 heteroatoms. The van der Waals surface area contributed by atoms with Gasteiger partial charge in [0.05, 0.1) is 15.9 Å². The molecule has 262 valence electrons. The molecule has 0 atom stereocenters. The van der Waals surface area contributed by atoms with Crippen LogP contribution < -0.4 is 0 Å². The van der Waals surface area contributed by atoms with Crippen molar-refractivity contribution in [3.05, 3.63) is 176 Å². The van der Waals surface area contributed by atoms with E-state index in [0.29, 0.717) is 17.5 Å². The van der Waals surface area contributed by atoms with E-state index in [1.165, 1.54) is 9.40 Å². The second kappa shape index (κ2) is 13.4. The first kappa shape index (κ1) is 32.5. The Hall–Kier alpha value is -6.93. The third-order valence-corrected chi connectivity index (χ3v) is 12.5. The van der Waals surface area contributed by atoms with Crippen LogP contribution in [-0.4, -0.2) is 24.9 Å². The smallest absolute Gasteiger partial charge is 0.164 e. The van der Waals surface area contributed by atoms with Gasteiger partial charge in [0, 0.05) is 58.1 Å². The molecular weight excluding hydrogens is 723 g/mol. The van der Waals surface area contributed by atoms with E-state index in [1.807, 2.05) is 42.5 Å². The largest absolute Gasteiger partial charge is 0.226 e. The maximum atomic E-state index is 5.30. The van der Waals surface area contributed by atoms with Crippen LogP contribution in [-0.2, 0) is 0 Å². The van der Waals surface area contributed by atoms with E-state index in [9.17, 15) is 0 Å². The number of rotatable bonds is 6. The van der Waals surface area contributed by atoms with Crippen molar-refractivity contribution in [3.8, 4) is 67.9 Å². The highest BCUT2D eigenvalue weighted by Gasteiger charge is 2.20. The molecule has 4 aromatic heterocycles. The van der Waals surface area contributed by atoms with Gasteiger partial charge in [-0.2, -0.15) is 0 Å². The maximum absolute atomic E-state index is 5.30. The van der Waals surface area contributed by atoms with Crippen LogP contribution in [0.5, 0.6) is 0 Å². The summed E-state index contributed by atoms with van der Waals surface area (Å²) in [6, 6.07) is 60.9. The van der Waals surface area contributed by atoms with Gasteiger partial charge in [0.2, 0.25) is 0 Å². The average molecular weight is 752 g/mol. The Morgan fingerprint density at radius 2 is 0.857 bits per heavy atom. The fourth-order valence-corrected chi connectivity index (χ4v) is 9.78. The molecule has 0 bridgehead atoms. The van der Waals surface area contributed by atoms with Crippen molar-refractivity contribution >= 4 is 63.1 Å². The van der Waals surface area contributed by atoms with Crippen molar-refractivity contribution < 1.29 is 0 Å². The van der Waals surface area contributed by atoms with E-state index in [2.05, 4.69) is 133 Å². The molecule has 0 spiro atoms. The van der Waals surface area contributed by atoms with Crippen LogP contribution in [0.15, 0.2) is 176 Å². The quantitative estimate of drug-likeness (QED) is 0.169. The Balaban J connectivity index is 1.07. The van der Waals surface area contributed by atoms with Crippen molar-refractivity contribution in [2.24, 2.45) is 0 Å². The number of fused-ring (bicyclic) bond motifs is 6. The van der Waals surface area contributed by atoms with Crippen LogP contribution >= 0.6 is 22.7 Å². The van der Waals surface area contributed by atoms with E-state index >= 15 is 0 Å². The molecule has 0 fully saturated rings. The molecule has 0 unspecified atom stereocenters. The molecule has 11 aromatic rings. The minimum absolute atomic E-state index is 0.627. The number of benzene rings is 7. The first-order valence-electron chi connectivity index (χ1n) is 18.4. The fourth-order valence-electron chi connectivity index (χ4n) is 7.44.